The second-order valence-corrected chi connectivity index (χ2v) is 4.66. The Bertz CT molecular complexity index is 733. The predicted octanol–water partition coefficient (Wildman–Crippen LogP) is 1.60. The Morgan fingerprint density at radius 1 is 1.25 bits per heavy atom. The summed E-state index contributed by atoms with van der Waals surface area (Å²) in [7, 11) is 1.94. The number of nitrogens with zero attached hydrogens (tertiary/aromatic N) is 4. The van der Waals surface area contributed by atoms with Gasteiger partial charge in [-0.15, -0.1) is 10.2 Å². The molecule has 0 aliphatic heterocycles. The summed E-state index contributed by atoms with van der Waals surface area (Å²) in [5, 5.41) is 13.4. The highest BCUT2D eigenvalue weighted by atomic mass is 15.2. The zero-order valence-electron chi connectivity index (χ0n) is 11.2. The zero-order chi connectivity index (χ0) is 13.9. The summed E-state index contributed by atoms with van der Waals surface area (Å²) < 4.78 is 1.92. The molecule has 0 spiro atoms. The van der Waals surface area contributed by atoms with E-state index in [4.69, 9.17) is 5.73 Å². The number of anilines is 2. The Morgan fingerprint density at radius 2 is 2.15 bits per heavy atom. The molecule has 3 aromatic rings. The van der Waals surface area contributed by atoms with Gasteiger partial charge in [-0.3, -0.25) is 4.98 Å². The molecule has 3 N–H and O–H groups in total. The van der Waals surface area contributed by atoms with Gasteiger partial charge in [-0.25, -0.2) is 0 Å². The fourth-order valence-corrected chi connectivity index (χ4v) is 2.21. The molecule has 1 aromatic carbocycles. The fourth-order valence-electron chi connectivity index (χ4n) is 2.21. The summed E-state index contributed by atoms with van der Waals surface area (Å²) in [5.74, 6) is 0.954. The van der Waals surface area contributed by atoms with Crippen LogP contribution in [0, 0.1) is 0 Å². The van der Waals surface area contributed by atoms with E-state index in [1.807, 2.05) is 36.0 Å². The quantitative estimate of drug-likeness (QED) is 0.702. The number of aryl methyl sites for hydroxylation is 1. The smallest absolute Gasteiger partial charge is 0.134 e. The molecule has 0 amide bonds. The Morgan fingerprint density at radius 3 is 2.95 bits per heavy atom. The monoisotopic (exact) mass is 268 g/mol. The van der Waals surface area contributed by atoms with E-state index in [0.717, 1.165) is 40.9 Å². The lowest BCUT2D eigenvalue weighted by atomic mass is 10.1. The lowest BCUT2D eigenvalue weighted by molar-refractivity contribution is 0.789. The zero-order valence-corrected chi connectivity index (χ0v) is 11.2. The van der Waals surface area contributed by atoms with Gasteiger partial charge in [0, 0.05) is 54.6 Å². The average molecular weight is 268 g/mol. The van der Waals surface area contributed by atoms with E-state index in [2.05, 4.69) is 20.5 Å². The first kappa shape index (κ1) is 12.4. The van der Waals surface area contributed by atoms with Gasteiger partial charge in [0.2, 0.25) is 0 Å². The highest BCUT2D eigenvalue weighted by Gasteiger charge is 2.05. The van der Waals surface area contributed by atoms with Gasteiger partial charge in [-0.05, 0) is 18.2 Å². The summed E-state index contributed by atoms with van der Waals surface area (Å²) in [6, 6.07) is 5.82. The number of nitrogen functional groups attached to an aromatic ring is 1. The standard InChI is InChI=1S/C14H16N6/c1-20-9-18-19-14(20)5-7-17-13-3-2-12(15)10-4-6-16-8-11(10)13/h2-4,6,8-9,17H,5,7,15H2,1H3. The lowest BCUT2D eigenvalue weighted by Gasteiger charge is -2.10. The summed E-state index contributed by atoms with van der Waals surface area (Å²) >= 11 is 0. The van der Waals surface area contributed by atoms with Gasteiger partial charge in [0.1, 0.15) is 12.2 Å². The molecule has 0 radical (unpaired) electrons. The van der Waals surface area contributed by atoms with Gasteiger partial charge in [0.25, 0.3) is 0 Å². The van der Waals surface area contributed by atoms with Crippen LogP contribution in [0.4, 0.5) is 11.4 Å². The van der Waals surface area contributed by atoms with E-state index < -0.39 is 0 Å². The van der Waals surface area contributed by atoms with Crippen LogP contribution in [-0.2, 0) is 13.5 Å². The van der Waals surface area contributed by atoms with Crippen molar-refractivity contribution in [3.05, 3.63) is 42.7 Å². The first-order valence-electron chi connectivity index (χ1n) is 6.44. The van der Waals surface area contributed by atoms with Crippen molar-refractivity contribution in [1.29, 1.82) is 0 Å². The van der Waals surface area contributed by atoms with Crippen LogP contribution >= 0.6 is 0 Å². The molecule has 3 rings (SSSR count). The maximum absolute atomic E-state index is 5.97. The number of nitrogens with one attached hydrogen (secondary N) is 1. The maximum atomic E-state index is 5.97. The second-order valence-electron chi connectivity index (χ2n) is 4.66. The number of hydrogen-bond acceptors (Lipinski definition) is 5. The number of benzene rings is 1. The summed E-state index contributed by atoms with van der Waals surface area (Å²) in [5.41, 5.74) is 7.77. The van der Waals surface area contributed by atoms with Crippen molar-refractivity contribution in [2.75, 3.05) is 17.6 Å². The van der Waals surface area contributed by atoms with Crippen LogP contribution in [0.5, 0.6) is 0 Å². The SMILES string of the molecule is Cn1cnnc1CCNc1ccc(N)c2ccncc12. The highest BCUT2D eigenvalue weighted by molar-refractivity contribution is 6.00. The Kier molecular flexibility index (Phi) is 3.20. The minimum Gasteiger partial charge on any atom is -0.398 e. The molecule has 0 aliphatic carbocycles. The molecule has 0 aliphatic rings. The van der Waals surface area contributed by atoms with Crippen molar-refractivity contribution in [3.63, 3.8) is 0 Å². The van der Waals surface area contributed by atoms with Gasteiger partial charge in [-0.2, -0.15) is 0 Å². The molecule has 0 bridgehead atoms. The molecule has 6 nitrogen and oxygen atoms in total. The largest absolute Gasteiger partial charge is 0.398 e. The molecule has 20 heavy (non-hydrogen) atoms. The first-order chi connectivity index (χ1) is 9.75. The third-order valence-electron chi connectivity index (χ3n) is 3.32. The Labute approximate surface area is 116 Å². The number of nitrogens with two attached hydrogens (primary N) is 1. The van der Waals surface area contributed by atoms with Crippen LogP contribution in [0.15, 0.2) is 36.9 Å². The predicted molar refractivity (Wildman–Crippen MR) is 79.4 cm³/mol. The van der Waals surface area contributed by atoms with Crippen molar-refractivity contribution >= 4 is 22.1 Å². The molecule has 0 unspecified atom stereocenters. The van der Waals surface area contributed by atoms with Crippen LogP contribution < -0.4 is 11.1 Å². The normalized spacial score (nSPS) is 10.8. The second kappa shape index (κ2) is 5.16. The average Bonchev–Trinajstić information content (AvgIpc) is 2.87. The van der Waals surface area contributed by atoms with E-state index in [1.54, 1.807) is 12.5 Å². The molecular formula is C14H16N6. The van der Waals surface area contributed by atoms with Crippen molar-refractivity contribution < 1.29 is 0 Å². The highest BCUT2D eigenvalue weighted by Crippen LogP contribution is 2.27. The summed E-state index contributed by atoms with van der Waals surface area (Å²) in [6.07, 6.45) is 6.10. The van der Waals surface area contributed by atoms with Gasteiger partial charge in [0.15, 0.2) is 0 Å². The molecular weight excluding hydrogens is 252 g/mol. The molecule has 6 heteroatoms. The van der Waals surface area contributed by atoms with Gasteiger partial charge in [-0.1, -0.05) is 0 Å². The van der Waals surface area contributed by atoms with Crippen molar-refractivity contribution in [2.24, 2.45) is 7.05 Å². The van der Waals surface area contributed by atoms with Crippen molar-refractivity contribution in [3.8, 4) is 0 Å². The van der Waals surface area contributed by atoms with Crippen LogP contribution in [-0.4, -0.2) is 26.3 Å². The molecule has 2 aromatic heterocycles. The third kappa shape index (κ3) is 2.27. The Balaban J connectivity index is 1.78. The summed E-state index contributed by atoms with van der Waals surface area (Å²) in [6.45, 7) is 0.778. The molecule has 0 fully saturated rings. The van der Waals surface area contributed by atoms with E-state index >= 15 is 0 Å². The fraction of sp³-hybridized carbons (Fsp3) is 0.214. The van der Waals surface area contributed by atoms with E-state index in [1.165, 1.54) is 0 Å². The van der Waals surface area contributed by atoms with Gasteiger partial charge in [0.05, 0.1) is 0 Å². The van der Waals surface area contributed by atoms with Crippen molar-refractivity contribution in [1.82, 2.24) is 19.7 Å². The minimum absolute atomic E-state index is 0.765. The molecule has 0 atom stereocenters. The maximum Gasteiger partial charge on any atom is 0.134 e. The topological polar surface area (TPSA) is 81.7 Å². The van der Waals surface area contributed by atoms with Crippen LogP contribution in [0.25, 0.3) is 10.8 Å². The molecule has 102 valence electrons. The van der Waals surface area contributed by atoms with Crippen LogP contribution in [0.3, 0.4) is 0 Å². The van der Waals surface area contributed by atoms with Gasteiger partial charge < -0.3 is 15.6 Å². The lowest BCUT2D eigenvalue weighted by Crippen LogP contribution is -2.09. The molecule has 0 saturated heterocycles. The Hall–Kier alpha value is -2.63. The number of fused-ring (bicyclic) bond motifs is 1. The number of hydrogen-bond donors (Lipinski definition) is 2. The third-order valence-corrected chi connectivity index (χ3v) is 3.32. The first-order valence-corrected chi connectivity index (χ1v) is 6.44. The van der Waals surface area contributed by atoms with E-state index in [9.17, 15) is 0 Å². The van der Waals surface area contributed by atoms with Crippen LogP contribution in [0.2, 0.25) is 0 Å². The van der Waals surface area contributed by atoms with Gasteiger partial charge >= 0.3 is 0 Å². The number of rotatable bonds is 4. The molecule has 0 saturated carbocycles. The minimum atomic E-state index is 0.765. The van der Waals surface area contributed by atoms with E-state index in [0.29, 0.717) is 0 Å². The summed E-state index contributed by atoms with van der Waals surface area (Å²) in [4.78, 5) is 4.16. The van der Waals surface area contributed by atoms with Crippen molar-refractivity contribution in [2.45, 2.75) is 6.42 Å². The van der Waals surface area contributed by atoms with Crippen LogP contribution in [0.1, 0.15) is 5.82 Å². The number of pyridine rings is 1. The molecule has 2 heterocycles. The number of aromatic nitrogens is 4. The van der Waals surface area contributed by atoms with E-state index in [-0.39, 0.29) is 0 Å².